The van der Waals surface area contributed by atoms with E-state index in [2.05, 4.69) is 14.9 Å². The van der Waals surface area contributed by atoms with Crippen LogP contribution in [0.25, 0.3) is 10.9 Å². The van der Waals surface area contributed by atoms with Crippen LogP contribution < -0.4 is 9.64 Å². The van der Waals surface area contributed by atoms with Gasteiger partial charge in [-0.3, -0.25) is 4.90 Å². The highest BCUT2D eigenvalue weighted by atomic mass is 35.5. The van der Waals surface area contributed by atoms with Crippen molar-refractivity contribution in [2.45, 2.75) is 43.2 Å². The number of anilines is 1. The van der Waals surface area contributed by atoms with Gasteiger partial charge >= 0.3 is 12.1 Å². The number of aliphatic hydroxyl groups is 1. The number of β-amino-alcohol motifs (C(OH)–C–C–N with tert-alkyl or cyclic N) is 1. The Hall–Kier alpha value is -3.15. The zero-order chi connectivity index (χ0) is 27.5. The molecule has 2 aromatic carbocycles. The third-order valence-electron chi connectivity index (χ3n) is 7.95. The lowest BCUT2D eigenvalue weighted by atomic mass is 9.86. The number of carbonyl (C=O) groups is 1. The number of alkyl halides is 3. The lowest BCUT2D eigenvalue weighted by molar-refractivity contribution is -0.144. The van der Waals surface area contributed by atoms with Gasteiger partial charge in [0.15, 0.2) is 0 Å². The number of likely N-dealkylation sites (tertiary alicyclic amines) is 1. The van der Waals surface area contributed by atoms with Crippen molar-refractivity contribution in [1.29, 1.82) is 0 Å². The van der Waals surface area contributed by atoms with Crippen LogP contribution in [0.3, 0.4) is 0 Å². The number of methoxy groups -OCH3 is 1. The summed E-state index contributed by atoms with van der Waals surface area (Å²) in [5, 5.41) is 12.0. The van der Waals surface area contributed by atoms with Crippen molar-refractivity contribution in [2.24, 2.45) is 0 Å². The molecule has 3 aromatic rings. The van der Waals surface area contributed by atoms with E-state index in [1.807, 2.05) is 18.2 Å². The van der Waals surface area contributed by atoms with E-state index in [1.54, 1.807) is 4.90 Å². The van der Waals surface area contributed by atoms with Gasteiger partial charge in [0.25, 0.3) is 0 Å². The SMILES string of the molecule is COC(=O)c1ccc2nc(C(F)(F)F)nc(N3CC(O)C(N4CCC5(CC4)Cc4cc(Cl)ccc4O5)C3)c2c1. The van der Waals surface area contributed by atoms with Crippen LogP contribution >= 0.6 is 11.6 Å². The number of hydrogen-bond donors (Lipinski definition) is 1. The molecule has 3 aliphatic rings. The number of fused-ring (bicyclic) bond motifs is 2. The second-order valence-electron chi connectivity index (χ2n) is 10.4. The number of esters is 1. The minimum Gasteiger partial charge on any atom is -0.487 e. The van der Waals surface area contributed by atoms with Crippen molar-refractivity contribution in [3.8, 4) is 5.75 Å². The number of halogens is 4. The average molecular weight is 563 g/mol. The highest BCUT2D eigenvalue weighted by molar-refractivity contribution is 6.30. The van der Waals surface area contributed by atoms with E-state index in [9.17, 15) is 23.1 Å². The molecule has 0 bridgehead atoms. The van der Waals surface area contributed by atoms with Gasteiger partial charge < -0.3 is 19.5 Å². The number of ether oxygens (including phenoxy) is 2. The van der Waals surface area contributed by atoms with Crippen molar-refractivity contribution in [3.63, 3.8) is 0 Å². The van der Waals surface area contributed by atoms with E-state index in [1.165, 1.54) is 25.3 Å². The van der Waals surface area contributed by atoms with Gasteiger partial charge in [0.05, 0.1) is 30.3 Å². The van der Waals surface area contributed by atoms with E-state index >= 15 is 0 Å². The summed E-state index contributed by atoms with van der Waals surface area (Å²) in [6, 6.07) is 9.49. The van der Waals surface area contributed by atoms with Gasteiger partial charge in [-0.25, -0.2) is 14.8 Å². The molecule has 1 spiro atoms. The van der Waals surface area contributed by atoms with E-state index < -0.39 is 24.1 Å². The molecule has 12 heteroatoms. The number of aliphatic hydroxyl groups excluding tert-OH is 1. The average Bonchev–Trinajstić information content (AvgIpc) is 3.46. The highest BCUT2D eigenvalue weighted by Gasteiger charge is 2.46. The number of benzene rings is 2. The predicted molar refractivity (Wildman–Crippen MR) is 137 cm³/mol. The van der Waals surface area contributed by atoms with Gasteiger partial charge in [-0.1, -0.05) is 11.6 Å². The fourth-order valence-corrected chi connectivity index (χ4v) is 6.17. The quantitative estimate of drug-likeness (QED) is 0.477. The molecule has 6 rings (SSSR count). The van der Waals surface area contributed by atoms with Crippen LogP contribution in [0.15, 0.2) is 36.4 Å². The van der Waals surface area contributed by atoms with Gasteiger partial charge in [0.1, 0.15) is 17.2 Å². The maximum Gasteiger partial charge on any atom is 0.451 e. The molecular formula is C27H26ClF3N4O4. The minimum absolute atomic E-state index is 0.0274. The van der Waals surface area contributed by atoms with Gasteiger partial charge in [-0.05, 0) is 42.0 Å². The standard InChI is InChI=1S/C27H26ClF3N4O4/c1-38-24(37)15-2-4-19-18(11-15)23(33-25(32-19)27(29,30)31)35-13-20(21(36)14-35)34-8-6-26(7-9-34)12-16-10-17(28)3-5-22(16)39-26/h2-5,10-11,20-21,36H,6-9,12-14H2,1H3. The molecule has 2 atom stereocenters. The minimum atomic E-state index is -4.76. The monoisotopic (exact) mass is 562 g/mol. The summed E-state index contributed by atoms with van der Waals surface area (Å²) >= 11 is 6.15. The summed E-state index contributed by atoms with van der Waals surface area (Å²) < 4.78 is 52.1. The number of aromatic nitrogens is 2. The largest absolute Gasteiger partial charge is 0.487 e. The fourth-order valence-electron chi connectivity index (χ4n) is 5.97. The van der Waals surface area contributed by atoms with Crippen LogP contribution in [0.5, 0.6) is 5.75 Å². The van der Waals surface area contributed by atoms with Crippen LogP contribution in [0.4, 0.5) is 19.0 Å². The first-order chi connectivity index (χ1) is 18.5. The number of nitrogens with zero attached hydrogens (tertiary/aromatic N) is 4. The molecule has 4 heterocycles. The Bertz CT molecular complexity index is 1440. The predicted octanol–water partition coefficient (Wildman–Crippen LogP) is 4.11. The number of piperidine rings is 1. The van der Waals surface area contributed by atoms with Crippen LogP contribution in [0, 0.1) is 0 Å². The summed E-state index contributed by atoms with van der Waals surface area (Å²) in [7, 11) is 1.23. The molecule has 0 aliphatic carbocycles. The second-order valence-corrected chi connectivity index (χ2v) is 10.8. The Balaban J connectivity index is 1.24. The smallest absolute Gasteiger partial charge is 0.451 e. The third-order valence-corrected chi connectivity index (χ3v) is 8.18. The zero-order valence-electron chi connectivity index (χ0n) is 21.0. The second kappa shape index (κ2) is 9.50. The molecule has 0 radical (unpaired) electrons. The summed E-state index contributed by atoms with van der Waals surface area (Å²) in [6.45, 7) is 1.71. The Morgan fingerprint density at radius 2 is 1.92 bits per heavy atom. The van der Waals surface area contributed by atoms with Gasteiger partial charge in [-0.15, -0.1) is 0 Å². The first kappa shape index (κ1) is 26.1. The summed E-state index contributed by atoms with van der Waals surface area (Å²) in [6.07, 6.45) is -3.29. The highest BCUT2D eigenvalue weighted by Crippen LogP contribution is 2.43. The maximum atomic E-state index is 13.7. The normalized spacial score (nSPS) is 22.8. The van der Waals surface area contributed by atoms with E-state index in [0.717, 1.165) is 30.6 Å². The first-order valence-corrected chi connectivity index (χ1v) is 13.0. The first-order valence-electron chi connectivity index (χ1n) is 12.7. The molecule has 8 nitrogen and oxygen atoms in total. The van der Waals surface area contributed by atoms with Crippen molar-refractivity contribution in [3.05, 3.63) is 58.4 Å². The zero-order valence-corrected chi connectivity index (χ0v) is 21.8. The molecular weight excluding hydrogens is 537 g/mol. The van der Waals surface area contributed by atoms with E-state index in [0.29, 0.717) is 18.1 Å². The lowest BCUT2D eigenvalue weighted by Gasteiger charge is -2.41. The number of rotatable bonds is 3. The van der Waals surface area contributed by atoms with Crippen LogP contribution in [-0.4, -0.2) is 77.0 Å². The number of hydrogen-bond acceptors (Lipinski definition) is 8. The Kier molecular flexibility index (Phi) is 6.35. The topological polar surface area (TPSA) is 88.0 Å². The third kappa shape index (κ3) is 4.76. The van der Waals surface area contributed by atoms with Gasteiger partial charge in [0, 0.05) is 55.9 Å². The summed E-state index contributed by atoms with van der Waals surface area (Å²) in [5.41, 5.74) is 0.994. The van der Waals surface area contributed by atoms with Crippen molar-refractivity contribution < 1.29 is 32.5 Å². The Morgan fingerprint density at radius 3 is 2.64 bits per heavy atom. The molecule has 206 valence electrons. The molecule has 0 saturated carbocycles. The van der Waals surface area contributed by atoms with Gasteiger partial charge in [-0.2, -0.15) is 13.2 Å². The number of carbonyl (C=O) groups excluding carboxylic acids is 1. The van der Waals surface area contributed by atoms with Crippen molar-refractivity contribution in [1.82, 2.24) is 14.9 Å². The van der Waals surface area contributed by atoms with Crippen molar-refractivity contribution >= 4 is 34.3 Å². The molecule has 3 aliphatic heterocycles. The maximum absolute atomic E-state index is 13.7. The molecule has 2 unspecified atom stereocenters. The molecule has 2 saturated heterocycles. The summed E-state index contributed by atoms with van der Waals surface area (Å²) in [4.78, 5) is 23.5. The molecule has 1 N–H and O–H groups in total. The van der Waals surface area contributed by atoms with Gasteiger partial charge in [0.2, 0.25) is 5.82 Å². The van der Waals surface area contributed by atoms with Crippen LogP contribution in [0.2, 0.25) is 5.02 Å². The molecule has 39 heavy (non-hydrogen) atoms. The van der Waals surface area contributed by atoms with E-state index in [-0.39, 0.29) is 47.0 Å². The summed E-state index contributed by atoms with van der Waals surface area (Å²) in [5.74, 6) is -1.02. The van der Waals surface area contributed by atoms with Crippen LogP contribution in [0.1, 0.15) is 34.6 Å². The van der Waals surface area contributed by atoms with Crippen LogP contribution in [-0.2, 0) is 17.3 Å². The Morgan fingerprint density at radius 1 is 1.15 bits per heavy atom. The lowest BCUT2D eigenvalue weighted by Crippen LogP contribution is -2.53. The Labute approximate surface area is 227 Å². The molecule has 1 aromatic heterocycles. The molecule has 0 amide bonds. The fraction of sp³-hybridized carbons (Fsp3) is 0.444. The molecule has 2 fully saturated rings. The van der Waals surface area contributed by atoms with E-state index in [4.69, 9.17) is 21.1 Å². The van der Waals surface area contributed by atoms with Crippen molar-refractivity contribution in [2.75, 3.05) is 38.2 Å².